The van der Waals surface area contributed by atoms with Gasteiger partial charge in [0.05, 0.1) is 25.5 Å². The predicted octanol–water partition coefficient (Wildman–Crippen LogP) is 0.418. The normalized spacial score (nSPS) is 17.0. The summed E-state index contributed by atoms with van der Waals surface area (Å²) >= 11 is 0. The van der Waals surface area contributed by atoms with Crippen molar-refractivity contribution in [2.45, 2.75) is 20.4 Å². The number of aliphatic hydroxyl groups is 1. The summed E-state index contributed by atoms with van der Waals surface area (Å²) in [5.41, 5.74) is 2.08. The largest absolute Gasteiger partial charge is 0.395 e. The maximum atomic E-state index is 9.23. The molecule has 0 atom stereocenters. The van der Waals surface area contributed by atoms with Crippen LogP contribution in [-0.2, 0) is 11.3 Å². The summed E-state index contributed by atoms with van der Waals surface area (Å²) in [6.07, 6.45) is 0. The zero-order chi connectivity index (χ0) is 14.4. The van der Waals surface area contributed by atoms with E-state index in [1.807, 2.05) is 13.8 Å². The minimum absolute atomic E-state index is 0.173. The average molecular weight is 283 g/mol. The van der Waals surface area contributed by atoms with Gasteiger partial charge in [-0.1, -0.05) is 5.16 Å². The Labute approximate surface area is 120 Å². The zero-order valence-corrected chi connectivity index (χ0v) is 12.5. The summed E-state index contributed by atoms with van der Waals surface area (Å²) in [6, 6.07) is 0. The highest BCUT2D eigenvalue weighted by Gasteiger charge is 2.16. The Balaban J connectivity index is 1.86. The minimum Gasteiger partial charge on any atom is -0.395 e. The molecule has 1 aliphatic rings. The molecule has 0 aliphatic carbocycles. The van der Waals surface area contributed by atoms with Crippen molar-refractivity contribution < 1.29 is 14.4 Å². The molecule has 20 heavy (non-hydrogen) atoms. The van der Waals surface area contributed by atoms with Gasteiger partial charge >= 0.3 is 0 Å². The van der Waals surface area contributed by atoms with E-state index < -0.39 is 0 Å². The van der Waals surface area contributed by atoms with E-state index >= 15 is 0 Å². The van der Waals surface area contributed by atoms with Crippen molar-refractivity contribution in [1.82, 2.24) is 15.0 Å². The highest BCUT2D eigenvalue weighted by atomic mass is 16.5. The molecule has 0 spiro atoms. The quantitative estimate of drug-likeness (QED) is 0.782. The first-order chi connectivity index (χ1) is 9.70. The van der Waals surface area contributed by atoms with Crippen LogP contribution in [0.15, 0.2) is 4.52 Å². The van der Waals surface area contributed by atoms with Gasteiger partial charge < -0.3 is 14.4 Å². The third-order valence-corrected chi connectivity index (χ3v) is 3.82. The lowest BCUT2D eigenvalue weighted by Gasteiger charge is -2.29. The summed E-state index contributed by atoms with van der Waals surface area (Å²) < 4.78 is 10.6. The van der Waals surface area contributed by atoms with Crippen LogP contribution in [0, 0.1) is 13.8 Å². The summed E-state index contributed by atoms with van der Waals surface area (Å²) in [6.45, 7) is 11.1. The zero-order valence-electron chi connectivity index (χ0n) is 12.5. The van der Waals surface area contributed by atoms with E-state index in [4.69, 9.17) is 9.26 Å². The molecule has 1 N–H and O–H groups in total. The fourth-order valence-corrected chi connectivity index (χ4v) is 2.47. The van der Waals surface area contributed by atoms with Crippen molar-refractivity contribution >= 4 is 0 Å². The van der Waals surface area contributed by atoms with E-state index in [1.54, 1.807) is 0 Å². The van der Waals surface area contributed by atoms with Gasteiger partial charge in [0.1, 0.15) is 5.76 Å². The van der Waals surface area contributed by atoms with Crippen LogP contribution in [0.2, 0.25) is 0 Å². The number of rotatable bonds is 7. The number of hydrogen-bond acceptors (Lipinski definition) is 6. The van der Waals surface area contributed by atoms with E-state index in [-0.39, 0.29) is 6.61 Å². The molecule has 1 aromatic rings. The number of ether oxygens (including phenoxy) is 1. The second-order valence-electron chi connectivity index (χ2n) is 5.26. The van der Waals surface area contributed by atoms with Gasteiger partial charge in [-0.25, -0.2) is 0 Å². The third-order valence-electron chi connectivity index (χ3n) is 3.82. The molecule has 114 valence electrons. The van der Waals surface area contributed by atoms with Crippen molar-refractivity contribution in [3.05, 3.63) is 17.0 Å². The maximum Gasteiger partial charge on any atom is 0.138 e. The summed E-state index contributed by atoms with van der Waals surface area (Å²) in [5.74, 6) is 0.872. The van der Waals surface area contributed by atoms with Crippen molar-refractivity contribution in [2.75, 3.05) is 52.5 Å². The molecule has 2 rings (SSSR count). The van der Waals surface area contributed by atoms with Gasteiger partial charge in [-0.2, -0.15) is 0 Å². The third kappa shape index (κ3) is 4.28. The molecule has 1 fully saturated rings. The van der Waals surface area contributed by atoms with Gasteiger partial charge in [-0.05, 0) is 13.8 Å². The first-order valence-electron chi connectivity index (χ1n) is 7.25. The molecular weight excluding hydrogens is 258 g/mol. The summed E-state index contributed by atoms with van der Waals surface area (Å²) in [7, 11) is 0. The van der Waals surface area contributed by atoms with Crippen LogP contribution in [0.25, 0.3) is 0 Å². The van der Waals surface area contributed by atoms with E-state index in [0.717, 1.165) is 63.0 Å². The molecule has 1 aromatic heterocycles. The maximum absolute atomic E-state index is 9.23. The number of hydrogen-bond donors (Lipinski definition) is 1. The molecule has 0 amide bonds. The molecule has 2 heterocycles. The van der Waals surface area contributed by atoms with Crippen LogP contribution in [0.1, 0.15) is 17.0 Å². The second kappa shape index (κ2) is 7.73. The van der Waals surface area contributed by atoms with Gasteiger partial charge in [0.15, 0.2) is 0 Å². The van der Waals surface area contributed by atoms with E-state index in [0.29, 0.717) is 6.54 Å². The van der Waals surface area contributed by atoms with Crippen molar-refractivity contribution in [3.8, 4) is 0 Å². The van der Waals surface area contributed by atoms with Gasteiger partial charge in [-0.15, -0.1) is 0 Å². The molecule has 0 radical (unpaired) electrons. The van der Waals surface area contributed by atoms with Crippen LogP contribution < -0.4 is 0 Å². The first-order valence-corrected chi connectivity index (χ1v) is 7.25. The Hall–Kier alpha value is -0.950. The van der Waals surface area contributed by atoms with Crippen LogP contribution >= 0.6 is 0 Å². The fraction of sp³-hybridized carbons (Fsp3) is 0.786. The Morgan fingerprint density at radius 3 is 2.60 bits per heavy atom. The SMILES string of the molecule is Cc1noc(C)c1CN(CCO)CCN1CCOCC1. The molecular formula is C14H25N3O3. The number of nitrogens with zero attached hydrogens (tertiary/aromatic N) is 3. The van der Waals surface area contributed by atoms with E-state index in [2.05, 4.69) is 15.0 Å². The van der Waals surface area contributed by atoms with Gasteiger partial charge in [0.25, 0.3) is 0 Å². The summed E-state index contributed by atoms with van der Waals surface area (Å²) in [4.78, 5) is 4.66. The number of morpholine rings is 1. The number of aliphatic hydroxyl groups excluding tert-OH is 1. The fourth-order valence-electron chi connectivity index (χ4n) is 2.47. The monoisotopic (exact) mass is 283 g/mol. The highest BCUT2D eigenvalue weighted by Crippen LogP contribution is 2.14. The lowest BCUT2D eigenvalue weighted by molar-refractivity contribution is 0.0320. The van der Waals surface area contributed by atoms with Crippen LogP contribution in [0.5, 0.6) is 0 Å². The van der Waals surface area contributed by atoms with Crippen molar-refractivity contribution in [2.24, 2.45) is 0 Å². The number of aryl methyl sites for hydroxylation is 2. The standard InChI is InChI=1S/C14H25N3O3/c1-12-14(13(2)20-15-12)11-17(5-8-18)4-3-16-6-9-19-10-7-16/h18H,3-11H2,1-2H3. The Kier molecular flexibility index (Phi) is 5.97. The molecule has 0 bridgehead atoms. The molecule has 1 saturated heterocycles. The lowest BCUT2D eigenvalue weighted by atomic mass is 10.2. The molecule has 0 aromatic carbocycles. The van der Waals surface area contributed by atoms with Crippen LogP contribution in [0.4, 0.5) is 0 Å². The Morgan fingerprint density at radius 2 is 2.00 bits per heavy atom. The molecule has 0 saturated carbocycles. The van der Waals surface area contributed by atoms with Gasteiger partial charge in [0, 0.05) is 44.8 Å². The summed E-state index contributed by atoms with van der Waals surface area (Å²) in [5, 5.41) is 13.2. The Morgan fingerprint density at radius 1 is 1.25 bits per heavy atom. The molecule has 0 unspecified atom stereocenters. The predicted molar refractivity (Wildman–Crippen MR) is 75.6 cm³/mol. The van der Waals surface area contributed by atoms with Crippen molar-refractivity contribution in [3.63, 3.8) is 0 Å². The topological polar surface area (TPSA) is 62.0 Å². The number of aromatic nitrogens is 1. The van der Waals surface area contributed by atoms with Crippen molar-refractivity contribution in [1.29, 1.82) is 0 Å². The van der Waals surface area contributed by atoms with Crippen LogP contribution in [-0.4, -0.2) is 72.6 Å². The molecule has 6 heteroatoms. The highest BCUT2D eigenvalue weighted by molar-refractivity contribution is 5.20. The van der Waals surface area contributed by atoms with Gasteiger partial charge in [0.2, 0.25) is 0 Å². The van der Waals surface area contributed by atoms with E-state index in [1.165, 1.54) is 0 Å². The smallest absolute Gasteiger partial charge is 0.138 e. The van der Waals surface area contributed by atoms with Crippen LogP contribution in [0.3, 0.4) is 0 Å². The molecule has 6 nitrogen and oxygen atoms in total. The van der Waals surface area contributed by atoms with Gasteiger partial charge in [-0.3, -0.25) is 9.80 Å². The first kappa shape index (κ1) is 15.4. The second-order valence-corrected chi connectivity index (χ2v) is 5.26. The minimum atomic E-state index is 0.173. The Bertz CT molecular complexity index is 383. The molecule has 1 aliphatic heterocycles. The van der Waals surface area contributed by atoms with E-state index in [9.17, 15) is 5.11 Å². The average Bonchev–Trinajstić information content (AvgIpc) is 2.78. The lowest BCUT2D eigenvalue weighted by Crippen LogP contribution is -2.42.